The Hall–Kier alpha value is -1.06. The van der Waals surface area contributed by atoms with Gasteiger partial charge >= 0.3 is 0 Å². The number of hydrogen-bond acceptors (Lipinski definition) is 2. The SMILES string of the molecule is CCC(Cc1ccccc1)N(CC)C(=O)CC1CC2CCC(C1)N2.Cl. The van der Waals surface area contributed by atoms with Gasteiger partial charge in [0.05, 0.1) is 0 Å². The lowest BCUT2D eigenvalue weighted by Crippen LogP contribution is -2.44. The molecule has 4 heteroatoms. The second kappa shape index (κ2) is 9.59. The van der Waals surface area contributed by atoms with Crippen molar-refractivity contribution < 1.29 is 4.79 Å². The highest BCUT2D eigenvalue weighted by Crippen LogP contribution is 2.33. The first-order valence-corrected chi connectivity index (χ1v) is 9.79. The lowest BCUT2D eigenvalue weighted by atomic mass is 9.89. The Balaban J connectivity index is 0.00000225. The van der Waals surface area contributed by atoms with E-state index in [4.69, 9.17) is 0 Å². The van der Waals surface area contributed by atoms with Crippen molar-refractivity contribution >= 4 is 18.3 Å². The largest absolute Gasteiger partial charge is 0.340 e. The van der Waals surface area contributed by atoms with Crippen LogP contribution in [0.15, 0.2) is 30.3 Å². The first kappa shape index (κ1) is 20.3. The maximum Gasteiger partial charge on any atom is 0.223 e. The molecule has 2 fully saturated rings. The Morgan fingerprint density at radius 3 is 2.36 bits per heavy atom. The molecule has 0 aliphatic carbocycles. The van der Waals surface area contributed by atoms with E-state index in [2.05, 4.69) is 54.4 Å². The van der Waals surface area contributed by atoms with Crippen molar-refractivity contribution in [2.45, 2.75) is 76.9 Å². The molecule has 140 valence electrons. The summed E-state index contributed by atoms with van der Waals surface area (Å²) in [6.45, 7) is 5.15. The van der Waals surface area contributed by atoms with Gasteiger partial charge in [-0.2, -0.15) is 0 Å². The number of rotatable bonds is 7. The van der Waals surface area contributed by atoms with Gasteiger partial charge in [0.2, 0.25) is 5.91 Å². The highest BCUT2D eigenvalue weighted by Gasteiger charge is 2.35. The first-order valence-electron chi connectivity index (χ1n) is 9.79. The number of halogens is 1. The molecule has 2 saturated heterocycles. The average molecular weight is 365 g/mol. The number of nitrogens with one attached hydrogen (secondary N) is 1. The second-order valence-electron chi connectivity index (χ2n) is 7.61. The standard InChI is InChI=1S/C21H32N2O.ClH/c1-3-20(14-16-8-6-5-7-9-16)23(4-2)21(24)15-17-12-18-10-11-19(13-17)22-18;/h5-9,17-20,22H,3-4,10-15H2,1-2H3;1H. The molecule has 0 spiro atoms. The fraction of sp³-hybridized carbons (Fsp3) is 0.667. The number of hydrogen-bond donors (Lipinski definition) is 1. The van der Waals surface area contributed by atoms with Crippen molar-refractivity contribution in [3.8, 4) is 0 Å². The maximum atomic E-state index is 13.0. The molecule has 1 N–H and O–H groups in total. The number of likely N-dealkylation sites (N-methyl/N-ethyl adjacent to an activating group) is 1. The van der Waals surface area contributed by atoms with Gasteiger partial charge in [0, 0.05) is 31.1 Å². The molecule has 1 amide bonds. The van der Waals surface area contributed by atoms with Crippen LogP contribution in [-0.2, 0) is 11.2 Å². The molecule has 1 aromatic carbocycles. The van der Waals surface area contributed by atoms with Crippen LogP contribution in [0.4, 0.5) is 0 Å². The molecule has 1 aromatic rings. The number of nitrogens with zero attached hydrogens (tertiary/aromatic N) is 1. The third-order valence-corrected chi connectivity index (χ3v) is 5.92. The van der Waals surface area contributed by atoms with E-state index in [9.17, 15) is 4.79 Å². The number of piperidine rings is 1. The summed E-state index contributed by atoms with van der Waals surface area (Å²) in [7, 11) is 0. The molecule has 3 unspecified atom stereocenters. The van der Waals surface area contributed by atoms with Crippen molar-refractivity contribution in [2.75, 3.05) is 6.54 Å². The normalized spacial score (nSPS) is 25.9. The fourth-order valence-electron chi connectivity index (χ4n) is 4.71. The summed E-state index contributed by atoms with van der Waals surface area (Å²) in [6.07, 6.45) is 7.72. The van der Waals surface area contributed by atoms with Gasteiger partial charge in [-0.15, -0.1) is 12.4 Å². The summed E-state index contributed by atoms with van der Waals surface area (Å²) in [4.78, 5) is 15.1. The summed E-state index contributed by atoms with van der Waals surface area (Å²) in [5, 5.41) is 3.68. The van der Waals surface area contributed by atoms with Crippen LogP contribution in [0.5, 0.6) is 0 Å². The van der Waals surface area contributed by atoms with E-state index in [1.165, 1.54) is 31.2 Å². The molecule has 2 heterocycles. The minimum absolute atomic E-state index is 0. The van der Waals surface area contributed by atoms with E-state index >= 15 is 0 Å². The topological polar surface area (TPSA) is 32.3 Å². The second-order valence-corrected chi connectivity index (χ2v) is 7.61. The molecule has 2 aliphatic rings. The molecule has 0 saturated carbocycles. The zero-order chi connectivity index (χ0) is 16.9. The number of amides is 1. The van der Waals surface area contributed by atoms with E-state index in [-0.39, 0.29) is 12.4 Å². The molecular weight excluding hydrogens is 332 g/mol. The van der Waals surface area contributed by atoms with Crippen LogP contribution in [0.25, 0.3) is 0 Å². The van der Waals surface area contributed by atoms with Crippen molar-refractivity contribution in [1.82, 2.24) is 10.2 Å². The third kappa shape index (κ3) is 5.21. The highest BCUT2D eigenvalue weighted by atomic mass is 35.5. The van der Waals surface area contributed by atoms with Crippen LogP contribution in [0.1, 0.15) is 57.9 Å². The zero-order valence-electron chi connectivity index (χ0n) is 15.6. The molecule has 0 radical (unpaired) electrons. The number of carbonyl (C=O) groups is 1. The van der Waals surface area contributed by atoms with Crippen molar-refractivity contribution in [3.05, 3.63) is 35.9 Å². The van der Waals surface area contributed by atoms with Crippen LogP contribution in [0, 0.1) is 5.92 Å². The van der Waals surface area contributed by atoms with Crippen LogP contribution >= 0.6 is 12.4 Å². The van der Waals surface area contributed by atoms with E-state index < -0.39 is 0 Å². The van der Waals surface area contributed by atoms with Crippen molar-refractivity contribution in [3.63, 3.8) is 0 Å². The number of carbonyl (C=O) groups excluding carboxylic acids is 1. The Morgan fingerprint density at radius 2 is 1.80 bits per heavy atom. The molecule has 3 nitrogen and oxygen atoms in total. The van der Waals surface area contributed by atoms with Gasteiger partial charge in [0.15, 0.2) is 0 Å². The van der Waals surface area contributed by atoms with Gasteiger partial charge in [0.25, 0.3) is 0 Å². The zero-order valence-corrected chi connectivity index (χ0v) is 16.4. The van der Waals surface area contributed by atoms with Gasteiger partial charge in [-0.3, -0.25) is 4.79 Å². The Labute approximate surface area is 159 Å². The third-order valence-electron chi connectivity index (χ3n) is 5.92. The minimum Gasteiger partial charge on any atom is -0.340 e. The average Bonchev–Trinajstić information content (AvgIpc) is 2.94. The molecule has 25 heavy (non-hydrogen) atoms. The van der Waals surface area contributed by atoms with E-state index in [1.807, 2.05) is 0 Å². The van der Waals surface area contributed by atoms with Crippen LogP contribution in [-0.4, -0.2) is 35.5 Å². The van der Waals surface area contributed by atoms with E-state index in [0.29, 0.717) is 30.0 Å². The number of benzene rings is 1. The number of fused-ring (bicyclic) bond motifs is 2. The van der Waals surface area contributed by atoms with Crippen molar-refractivity contribution in [1.29, 1.82) is 0 Å². The Bertz CT molecular complexity index is 524. The van der Waals surface area contributed by atoms with E-state index in [0.717, 1.165) is 25.8 Å². The van der Waals surface area contributed by atoms with Crippen LogP contribution in [0.3, 0.4) is 0 Å². The van der Waals surface area contributed by atoms with Gasteiger partial charge < -0.3 is 10.2 Å². The van der Waals surface area contributed by atoms with Gasteiger partial charge in [-0.1, -0.05) is 37.3 Å². The summed E-state index contributed by atoms with van der Waals surface area (Å²) in [5.41, 5.74) is 1.33. The Morgan fingerprint density at radius 1 is 1.16 bits per heavy atom. The molecule has 2 bridgehead atoms. The van der Waals surface area contributed by atoms with Crippen molar-refractivity contribution in [2.24, 2.45) is 5.92 Å². The Kier molecular flexibility index (Phi) is 7.77. The quantitative estimate of drug-likeness (QED) is 0.786. The first-order chi connectivity index (χ1) is 11.7. The molecule has 0 aromatic heterocycles. The highest BCUT2D eigenvalue weighted by molar-refractivity contribution is 5.85. The predicted octanol–water partition coefficient (Wildman–Crippen LogP) is 4.20. The van der Waals surface area contributed by atoms with E-state index in [1.54, 1.807) is 0 Å². The van der Waals surface area contributed by atoms with Gasteiger partial charge in [-0.05, 0) is 56.9 Å². The van der Waals surface area contributed by atoms with Crippen LogP contribution < -0.4 is 5.32 Å². The van der Waals surface area contributed by atoms with Crippen LogP contribution in [0.2, 0.25) is 0 Å². The molecule has 2 aliphatic heterocycles. The monoisotopic (exact) mass is 364 g/mol. The summed E-state index contributed by atoms with van der Waals surface area (Å²) >= 11 is 0. The fourth-order valence-corrected chi connectivity index (χ4v) is 4.71. The maximum absolute atomic E-state index is 13.0. The van der Waals surface area contributed by atoms with Gasteiger partial charge in [-0.25, -0.2) is 0 Å². The summed E-state index contributed by atoms with van der Waals surface area (Å²) < 4.78 is 0. The lowest BCUT2D eigenvalue weighted by Gasteiger charge is -2.34. The minimum atomic E-state index is 0. The van der Waals surface area contributed by atoms with Gasteiger partial charge in [0.1, 0.15) is 0 Å². The smallest absolute Gasteiger partial charge is 0.223 e. The summed E-state index contributed by atoms with van der Waals surface area (Å²) in [6, 6.07) is 12.2. The molecular formula is C21H33ClN2O. The lowest BCUT2D eigenvalue weighted by molar-refractivity contribution is -0.134. The summed E-state index contributed by atoms with van der Waals surface area (Å²) in [5.74, 6) is 0.950. The molecule has 3 atom stereocenters. The molecule has 3 rings (SSSR count). The predicted molar refractivity (Wildman–Crippen MR) is 106 cm³/mol.